The maximum atomic E-state index is 4.30. The van der Waals surface area contributed by atoms with Gasteiger partial charge in [-0.1, -0.05) is 50.2 Å². The molecule has 0 aliphatic heterocycles. The SMILES string of the molecule is CN=C(NCCc1ccccc1)NCC(C)(C)c1cccs1.I. The average molecular weight is 443 g/mol. The molecule has 0 aliphatic carbocycles. The highest BCUT2D eigenvalue weighted by Gasteiger charge is 2.21. The Bertz CT molecular complexity index is 580. The van der Waals surface area contributed by atoms with Crippen molar-refractivity contribution in [2.75, 3.05) is 20.1 Å². The fourth-order valence-corrected chi connectivity index (χ4v) is 3.10. The van der Waals surface area contributed by atoms with E-state index in [1.54, 1.807) is 11.3 Å². The second kappa shape index (κ2) is 9.93. The summed E-state index contributed by atoms with van der Waals surface area (Å²) in [5.74, 6) is 0.862. The minimum Gasteiger partial charge on any atom is -0.356 e. The van der Waals surface area contributed by atoms with E-state index < -0.39 is 0 Å². The molecule has 23 heavy (non-hydrogen) atoms. The van der Waals surface area contributed by atoms with Crippen molar-refractivity contribution < 1.29 is 0 Å². The molecule has 0 amide bonds. The summed E-state index contributed by atoms with van der Waals surface area (Å²) in [5.41, 5.74) is 1.44. The molecule has 126 valence electrons. The Labute approximate surface area is 160 Å². The van der Waals surface area contributed by atoms with Crippen LogP contribution in [0.3, 0.4) is 0 Å². The molecular formula is C18H26IN3S. The lowest BCUT2D eigenvalue weighted by Crippen LogP contribution is -2.43. The van der Waals surface area contributed by atoms with E-state index in [0.717, 1.165) is 25.5 Å². The number of nitrogens with zero attached hydrogens (tertiary/aromatic N) is 1. The molecule has 3 nitrogen and oxygen atoms in total. The van der Waals surface area contributed by atoms with Crippen LogP contribution in [0.1, 0.15) is 24.3 Å². The highest BCUT2D eigenvalue weighted by molar-refractivity contribution is 14.0. The van der Waals surface area contributed by atoms with Crippen LogP contribution in [0.25, 0.3) is 0 Å². The van der Waals surface area contributed by atoms with E-state index in [1.165, 1.54) is 10.4 Å². The van der Waals surface area contributed by atoms with Crippen molar-refractivity contribution in [3.63, 3.8) is 0 Å². The molecular weight excluding hydrogens is 417 g/mol. The summed E-state index contributed by atoms with van der Waals surface area (Å²) in [5, 5.41) is 8.94. The fraction of sp³-hybridized carbons (Fsp3) is 0.389. The highest BCUT2D eigenvalue weighted by atomic mass is 127. The monoisotopic (exact) mass is 443 g/mol. The average Bonchev–Trinajstić information content (AvgIpc) is 3.07. The number of guanidine groups is 1. The maximum absolute atomic E-state index is 4.30. The number of aliphatic imine (C=N–C) groups is 1. The van der Waals surface area contributed by atoms with E-state index >= 15 is 0 Å². The van der Waals surface area contributed by atoms with Crippen LogP contribution in [0.2, 0.25) is 0 Å². The molecule has 0 saturated carbocycles. The molecule has 0 saturated heterocycles. The Morgan fingerprint density at radius 2 is 1.83 bits per heavy atom. The van der Waals surface area contributed by atoms with Crippen LogP contribution in [0.5, 0.6) is 0 Å². The summed E-state index contributed by atoms with van der Waals surface area (Å²) in [6.45, 7) is 6.24. The van der Waals surface area contributed by atoms with Crippen LogP contribution in [-0.2, 0) is 11.8 Å². The molecule has 0 radical (unpaired) electrons. The minimum absolute atomic E-state index is 0. The van der Waals surface area contributed by atoms with Gasteiger partial charge in [-0.3, -0.25) is 4.99 Å². The summed E-state index contributed by atoms with van der Waals surface area (Å²) in [4.78, 5) is 5.69. The predicted molar refractivity (Wildman–Crippen MR) is 112 cm³/mol. The summed E-state index contributed by atoms with van der Waals surface area (Å²) in [6, 6.07) is 14.8. The molecule has 2 rings (SSSR count). The Hall–Kier alpha value is -1.08. The smallest absolute Gasteiger partial charge is 0.191 e. The van der Waals surface area contributed by atoms with Gasteiger partial charge in [-0.2, -0.15) is 0 Å². The minimum atomic E-state index is 0. The number of halogens is 1. The van der Waals surface area contributed by atoms with E-state index in [2.05, 4.69) is 71.3 Å². The van der Waals surface area contributed by atoms with Crippen molar-refractivity contribution in [1.82, 2.24) is 10.6 Å². The normalized spacial score (nSPS) is 11.7. The van der Waals surface area contributed by atoms with Gasteiger partial charge in [0.25, 0.3) is 0 Å². The molecule has 1 aromatic heterocycles. The molecule has 2 aromatic rings. The lowest BCUT2D eigenvalue weighted by Gasteiger charge is -2.25. The predicted octanol–water partition coefficient (Wildman–Crippen LogP) is 4.05. The number of thiophene rings is 1. The van der Waals surface area contributed by atoms with Crippen LogP contribution in [0, 0.1) is 0 Å². The van der Waals surface area contributed by atoms with E-state index in [-0.39, 0.29) is 29.4 Å². The van der Waals surface area contributed by atoms with Gasteiger partial charge in [0.2, 0.25) is 0 Å². The van der Waals surface area contributed by atoms with Gasteiger partial charge in [-0.05, 0) is 23.4 Å². The Morgan fingerprint density at radius 1 is 1.09 bits per heavy atom. The first-order valence-corrected chi connectivity index (χ1v) is 8.52. The topological polar surface area (TPSA) is 36.4 Å². The van der Waals surface area contributed by atoms with Gasteiger partial charge in [0, 0.05) is 30.4 Å². The molecule has 5 heteroatoms. The molecule has 0 fully saturated rings. The molecule has 0 bridgehead atoms. The lowest BCUT2D eigenvalue weighted by atomic mass is 9.91. The zero-order valence-corrected chi connectivity index (χ0v) is 17.2. The van der Waals surface area contributed by atoms with Crippen LogP contribution in [0.4, 0.5) is 0 Å². The van der Waals surface area contributed by atoms with Crippen molar-refractivity contribution in [3.8, 4) is 0 Å². The Balaban J connectivity index is 0.00000264. The van der Waals surface area contributed by atoms with Gasteiger partial charge in [0.05, 0.1) is 0 Å². The van der Waals surface area contributed by atoms with Crippen molar-refractivity contribution in [2.24, 2.45) is 4.99 Å². The van der Waals surface area contributed by atoms with Gasteiger partial charge in [-0.15, -0.1) is 35.3 Å². The van der Waals surface area contributed by atoms with Crippen LogP contribution < -0.4 is 10.6 Å². The van der Waals surface area contributed by atoms with E-state index in [1.807, 2.05) is 13.1 Å². The van der Waals surface area contributed by atoms with Gasteiger partial charge in [-0.25, -0.2) is 0 Å². The third-order valence-electron chi connectivity index (χ3n) is 3.66. The van der Waals surface area contributed by atoms with Crippen molar-refractivity contribution in [2.45, 2.75) is 25.7 Å². The number of hydrogen-bond acceptors (Lipinski definition) is 2. The largest absolute Gasteiger partial charge is 0.356 e. The van der Waals surface area contributed by atoms with Gasteiger partial charge >= 0.3 is 0 Å². The summed E-state index contributed by atoms with van der Waals surface area (Å²) < 4.78 is 0. The van der Waals surface area contributed by atoms with E-state index in [4.69, 9.17) is 0 Å². The zero-order chi connectivity index (χ0) is 15.8. The van der Waals surface area contributed by atoms with Crippen molar-refractivity contribution >= 4 is 41.3 Å². The third kappa shape index (κ3) is 6.51. The number of rotatable bonds is 6. The highest BCUT2D eigenvalue weighted by Crippen LogP contribution is 2.26. The molecule has 0 spiro atoms. The Morgan fingerprint density at radius 3 is 2.43 bits per heavy atom. The fourth-order valence-electron chi connectivity index (χ4n) is 2.25. The van der Waals surface area contributed by atoms with Crippen molar-refractivity contribution in [3.05, 3.63) is 58.3 Å². The van der Waals surface area contributed by atoms with Gasteiger partial charge in [0.1, 0.15) is 0 Å². The molecule has 2 N–H and O–H groups in total. The van der Waals surface area contributed by atoms with Crippen molar-refractivity contribution in [1.29, 1.82) is 0 Å². The standard InChI is InChI=1S/C18H25N3S.HI/c1-18(2,16-10-7-13-22-16)14-21-17(19-3)20-12-11-15-8-5-4-6-9-15;/h4-10,13H,11-12,14H2,1-3H3,(H2,19,20,21);1H. The Kier molecular flexibility index (Phi) is 8.62. The van der Waals surface area contributed by atoms with Gasteiger partial charge in [0.15, 0.2) is 5.96 Å². The van der Waals surface area contributed by atoms with Crippen LogP contribution in [-0.4, -0.2) is 26.1 Å². The van der Waals surface area contributed by atoms with Crippen LogP contribution in [0.15, 0.2) is 52.8 Å². The first kappa shape index (κ1) is 20.0. The first-order valence-electron chi connectivity index (χ1n) is 7.64. The summed E-state index contributed by atoms with van der Waals surface area (Å²) >= 11 is 1.80. The summed E-state index contributed by atoms with van der Waals surface area (Å²) in [6.07, 6.45) is 0.996. The molecule has 0 unspecified atom stereocenters. The molecule has 1 aromatic carbocycles. The quantitative estimate of drug-likeness (QED) is 0.402. The lowest BCUT2D eigenvalue weighted by molar-refractivity contribution is 0.518. The van der Waals surface area contributed by atoms with E-state index in [0.29, 0.717) is 0 Å². The molecule has 0 aliphatic rings. The maximum Gasteiger partial charge on any atom is 0.191 e. The van der Waals surface area contributed by atoms with E-state index in [9.17, 15) is 0 Å². The second-order valence-corrected chi connectivity index (χ2v) is 6.90. The summed E-state index contributed by atoms with van der Waals surface area (Å²) in [7, 11) is 1.82. The number of hydrogen-bond donors (Lipinski definition) is 2. The van der Waals surface area contributed by atoms with Crippen LogP contribution >= 0.6 is 35.3 Å². The number of benzene rings is 1. The van der Waals surface area contributed by atoms with Gasteiger partial charge < -0.3 is 10.6 Å². The third-order valence-corrected chi connectivity index (χ3v) is 4.89. The number of nitrogens with one attached hydrogen (secondary N) is 2. The molecule has 1 heterocycles. The first-order chi connectivity index (χ1) is 10.6. The zero-order valence-electron chi connectivity index (χ0n) is 14.0. The molecule has 0 atom stereocenters. The second-order valence-electron chi connectivity index (χ2n) is 5.95.